The monoisotopic (exact) mass is 377 g/mol. The molecule has 0 bridgehead atoms. The fourth-order valence-electron chi connectivity index (χ4n) is 4.10. The van der Waals surface area contributed by atoms with Gasteiger partial charge in [-0.25, -0.2) is 9.67 Å². The van der Waals surface area contributed by atoms with Gasteiger partial charge in [-0.1, -0.05) is 36.8 Å². The Kier molecular flexibility index (Phi) is 5.13. The molecule has 0 aliphatic heterocycles. The van der Waals surface area contributed by atoms with Crippen LogP contribution in [0.4, 0.5) is 0 Å². The van der Waals surface area contributed by atoms with Gasteiger partial charge in [0.25, 0.3) is 5.91 Å². The Bertz CT molecular complexity index is 979. The highest BCUT2D eigenvalue weighted by atomic mass is 16.1. The van der Waals surface area contributed by atoms with Crippen LogP contribution in [0, 0.1) is 5.92 Å². The maximum absolute atomic E-state index is 13.2. The Labute approximate surface area is 165 Å². The van der Waals surface area contributed by atoms with Gasteiger partial charge in [0.15, 0.2) is 5.65 Å². The Hall–Kier alpha value is -2.73. The Morgan fingerprint density at radius 3 is 2.79 bits per heavy atom. The highest BCUT2D eigenvalue weighted by molar-refractivity contribution is 6.06. The molecule has 2 atom stereocenters. The molecular weight excluding hydrogens is 350 g/mol. The first-order valence-electron chi connectivity index (χ1n) is 10.0. The molecule has 28 heavy (non-hydrogen) atoms. The van der Waals surface area contributed by atoms with E-state index in [9.17, 15) is 4.79 Å². The van der Waals surface area contributed by atoms with Crippen LogP contribution < -0.4 is 11.1 Å². The lowest BCUT2D eigenvalue weighted by atomic mass is 10.0. The van der Waals surface area contributed by atoms with E-state index in [1.807, 2.05) is 41.1 Å². The van der Waals surface area contributed by atoms with E-state index in [0.717, 1.165) is 41.6 Å². The quantitative estimate of drug-likeness (QED) is 0.712. The van der Waals surface area contributed by atoms with Crippen molar-refractivity contribution in [3.63, 3.8) is 0 Å². The maximum Gasteiger partial charge on any atom is 0.252 e. The summed E-state index contributed by atoms with van der Waals surface area (Å²) in [5.41, 5.74) is 9.02. The van der Waals surface area contributed by atoms with Crippen LogP contribution in [0.2, 0.25) is 0 Å². The summed E-state index contributed by atoms with van der Waals surface area (Å²) in [5.74, 6) is 0.284. The van der Waals surface area contributed by atoms with Crippen molar-refractivity contribution in [1.29, 1.82) is 0 Å². The van der Waals surface area contributed by atoms with Crippen molar-refractivity contribution in [2.45, 2.75) is 45.2 Å². The van der Waals surface area contributed by atoms with E-state index < -0.39 is 0 Å². The molecule has 146 valence electrons. The lowest BCUT2D eigenvalue weighted by Crippen LogP contribution is -2.40. The van der Waals surface area contributed by atoms with Crippen LogP contribution in [0.1, 0.15) is 49.5 Å². The number of rotatable bonds is 5. The molecule has 3 N–H and O–H groups in total. The van der Waals surface area contributed by atoms with Crippen molar-refractivity contribution in [2.75, 3.05) is 6.54 Å². The van der Waals surface area contributed by atoms with Crippen LogP contribution in [0.25, 0.3) is 22.3 Å². The van der Waals surface area contributed by atoms with E-state index in [1.165, 1.54) is 0 Å². The van der Waals surface area contributed by atoms with Crippen LogP contribution in [0.3, 0.4) is 0 Å². The fraction of sp³-hybridized carbons (Fsp3) is 0.409. The normalized spacial score (nSPS) is 19.4. The van der Waals surface area contributed by atoms with Crippen molar-refractivity contribution in [1.82, 2.24) is 20.1 Å². The van der Waals surface area contributed by atoms with Gasteiger partial charge in [-0.05, 0) is 45.2 Å². The number of benzene rings is 1. The summed E-state index contributed by atoms with van der Waals surface area (Å²) >= 11 is 0. The van der Waals surface area contributed by atoms with Crippen LogP contribution in [0.15, 0.2) is 42.6 Å². The van der Waals surface area contributed by atoms with Gasteiger partial charge in [0.05, 0.1) is 22.8 Å². The molecule has 2 heterocycles. The molecule has 3 aromatic rings. The van der Waals surface area contributed by atoms with E-state index in [0.29, 0.717) is 18.0 Å². The zero-order valence-electron chi connectivity index (χ0n) is 16.4. The van der Waals surface area contributed by atoms with E-state index in [1.54, 1.807) is 6.20 Å². The van der Waals surface area contributed by atoms with Gasteiger partial charge in [0.1, 0.15) is 0 Å². The fourth-order valence-corrected chi connectivity index (χ4v) is 4.10. The molecule has 1 fully saturated rings. The summed E-state index contributed by atoms with van der Waals surface area (Å²) in [7, 11) is 0. The standard InChI is InChI=1S/C22H27N5O/c1-14(2)27-21-18(13-24-27)17(11-20(25-21)15-7-4-3-5-8-15)22(28)26-19-10-6-9-16(19)12-23/h3-5,7-8,11,13-14,16,19H,6,9-10,12,23H2,1-2H3,(H,26,28). The smallest absolute Gasteiger partial charge is 0.252 e. The second kappa shape index (κ2) is 7.72. The number of pyridine rings is 1. The number of nitrogens with zero attached hydrogens (tertiary/aromatic N) is 3. The number of carbonyl (C=O) groups excluding carboxylic acids is 1. The summed E-state index contributed by atoms with van der Waals surface area (Å²) in [5, 5.41) is 8.50. The molecule has 2 unspecified atom stereocenters. The average Bonchev–Trinajstić information content (AvgIpc) is 3.34. The minimum atomic E-state index is -0.0711. The summed E-state index contributed by atoms with van der Waals surface area (Å²) in [4.78, 5) is 18.1. The lowest BCUT2D eigenvalue weighted by molar-refractivity contribution is 0.0930. The molecule has 1 aliphatic rings. The SMILES string of the molecule is CC(C)n1ncc2c(C(=O)NC3CCCC3CN)cc(-c3ccccc3)nc21. The zero-order chi connectivity index (χ0) is 19.7. The average molecular weight is 377 g/mol. The molecule has 1 amide bonds. The molecule has 0 saturated heterocycles. The second-order valence-electron chi connectivity index (χ2n) is 7.85. The Morgan fingerprint density at radius 2 is 2.07 bits per heavy atom. The van der Waals surface area contributed by atoms with Crippen molar-refractivity contribution < 1.29 is 4.79 Å². The topological polar surface area (TPSA) is 85.8 Å². The molecule has 6 nitrogen and oxygen atoms in total. The van der Waals surface area contributed by atoms with Crippen LogP contribution >= 0.6 is 0 Å². The Morgan fingerprint density at radius 1 is 1.29 bits per heavy atom. The van der Waals surface area contributed by atoms with Crippen molar-refractivity contribution in [3.8, 4) is 11.3 Å². The first-order chi connectivity index (χ1) is 13.6. The third-order valence-corrected chi connectivity index (χ3v) is 5.65. The highest BCUT2D eigenvalue weighted by Crippen LogP contribution is 2.28. The van der Waals surface area contributed by atoms with Crippen LogP contribution in [-0.2, 0) is 0 Å². The van der Waals surface area contributed by atoms with Crippen LogP contribution in [0.5, 0.6) is 0 Å². The number of amides is 1. The third kappa shape index (κ3) is 3.40. The Balaban J connectivity index is 1.79. The molecule has 0 radical (unpaired) electrons. The lowest BCUT2D eigenvalue weighted by Gasteiger charge is -2.20. The van der Waals surface area contributed by atoms with Gasteiger partial charge in [0.2, 0.25) is 0 Å². The molecule has 4 rings (SSSR count). The molecule has 6 heteroatoms. The van der Waals surface area contributed by atoms with Crippen molar-refractivity contribution in [3.05, 3.63) is 48.2 Å². The van der Waals surface area contributed by atoms with E-state index in [4.69, 9.17) is 10.7 Å². The third-order valence-electron chi connectivity index (χ3n) is 5.65. The first kappa shape index (κ1) is 18.6. The highest BCUT2D eigenvalue weighted by Gasteiger charge is 2.28. The van der Waals surface area contributed by atoms with Gasteiger partial charge < -0.3 is 11.1 Å². The van der Waals surface area contributed by atoms with Gasteiger partial charge >= 0.3 is 0 Å². The van der Waals surface area contributed by atoms with Gasteiger partial charge in [-0.15, -0.1) is 0 Å². The van der Waals surface area contributed by atoms with Crippen molar-refractivity contribution in [2.24, 2.45) is 11.7 Å². The molecular formula is C22H27N5O. The number of nitrogens with two attached hydrogens (primary N) is 1. The number of hydrogen-bond acceptors (Lipinski definition) is 4. The molecule has 0 spiro atoms. The summed E-state index contributed by atoms with van der Waals surface area (Å²) in [6, 6.07) is 12.1. The minimum Gasteiger partial charge on any atom is -0.349 e. The van der Waals surface area contributed by atoms with E-state index in [2.05, 4.69) is 24.3 Å². The number of fused-ring (bicyclic) bond motifs is 1. The largest absolute Gasteiger partial charge is 0.349 e. The number of nitrogens with one attached hydrogen (secondary N) is 1. The maximum atomic E-state index is 13.2. The van der Waals surface area contributed by atoms with Gasteiger partial charge in [-0.3, -0.25) is 4.79 Å². The van der Waals surface area contributed by atoms with Gasteiger partial charge in [0, 0.05) is 17.6 Å². The number of aromatic nitrogens is 3. The van der Waals surface area contributed by atoms with Crippen molar-refractivity contribution >= 4 is 16.9 Å². The van der Waals surface area contributed by atoms with Gasteiger partial charge in [-0.2, -0.15) is 5.10 Å². The molecule has 1 aromatic carbocycles. The summed E-state index contributed by atoms with van der Waals surface area (Å²) < 4.78 is 1.87. The second-order valence-corrected chi connectivity index (χ2v) is 7.85. The number of carbonyl (C=O) groups is 1. The predicted octanol–water partition coefficient (Wildman–Crippen LogP) is 3.54. The molecule has 2 aromatic heterocycles. The van der Waals surface area contributed by atoms with Crippen LogP contribution in [-0.4, -0.2) is 33.3 Å². The molecule has 1 aliphatic carbocycles. The molecule has 1 saturated carbocycles. The number of hydrogen-bond donors (Lipinski definition) is 2. The first-order valence-corrected chi connectivity index (χ1v) is 10.0. The summed E-state index contributed by atoms with van der Waals surface area (Å²) in [6.07, 6.45) is 4.92. The minimum absolute atomic E-state index is 0.0711. The van der Waals surface area contributed by atoms with E-state index >= 15 is 0 Å². The summed E-state index contributed by atoms with van der Waals surface area (Å²) in [6.45, 7) is 4.73. The zero-order valence-corrected chi connectivity index (χ0v) is 16.4. The van der Waals surface area contributed by atoms with E-state index in [-0.39, 0.29) is 18.0 Å². The predicted molar refractivity (Wildman–Crippen MR) is 111 cm³/mol.